The number of aliphatic hydroxyl groups excluding tert-OH is 1. The number of carbonyl (C=O) groups excluding carboxylic acids is 1. The summed E-state index contributed by atoms with van der Waals surface area (Å²) in [5.41, 5.74) is 2.00. The molecule has 8 nitrogen and oxygen atoms in total. The summed E-state index contributed by atoms with van der Waals surface area (Å²) < 4.78 is 0. The van der Waals surface area contributed by atoms with E-state index < -0.39 is 5.41 Å². The van der Waals surface area contributed by atoms with Gasteiger partial charge in [0.05, 0.1) is 17.1 Å². The third-order valence-corrected chi connectivity index (χ3v) is 7.07. The number of nitrogens with zero attached hydrogens (tertiary/aromatic N) is 3. The summed E-state index contributed by atoms with van der Waals surface area (Å²) in [5.74, 6) is 1.26. The number of anilines is 3. The third kappa shape index (κ3) is 4.71. The van der Waals surface area contributed by atoms with Crippen molar-refractivity contribution >= 4 is 29.6 Å². The minimum atomic E-state index is -0.589. The van der Waals surface area contributed by atoms with Crippen LogP contribution in [0.15, 0.2) is 35.5 Å². The Kier molecular flexibility index (Phi) is 6.38. The second kappa shape index (κ2) is 9.09. The molecule has 8 heteroatoms. The van der Waals surface area contributed by atoms with Crippen molar-refractivity contribution < 1.29 is 9.90 Å². The summed E-state index contributed by atoms with van der Waals surface area (Å²) >= 11 is 0. The summed E-state index contributed by atoms with van der Waals surface area (Å²) in [7, 11) is 1.72. The van der Waals surface area contributed by atoms with Gasteiger partial charge in [-0.3, -0.25) is 9.79 Å². The standard InChI is InChI=1S/C25H34N6O2/c1-24(2)13-17(9-10-20(24)32)29-21-16(14-26-4)15-28-23(31-21)27-12-11-25(3)18-7-5-6-8-19(18)30-22(25)33/h5-8,14-15,17,20,32H,9-13H2,1-4H3,(H,30,33)(H2,27,28,29,31)/t17-,20+,25+/m1/s1. The number of nitrogens with one attached hydrogen (secondary N) is 3. The van der Waals surface area contributed by atoms with Crippen molar-refractivity contribution in [2.45, 2.75) is 64.0 Å². The fraction of sp³-hybridized carbons (Fsp3) is 0.520. The summed E-state index contributed by atoms with van der Waals surface area (Å²) in [4.78, 5) is 25.9. The molecule has 4 rings (SSSR count). The molecule has 1 aromatic heterocycles. The molecule has 1 saturated carbocycles. The molecule has 0 saturated heterocycles. The molecule has 2 heterocycles. The molecular formula is C25H34N6O2. The summed E-state index contributed by atoms with van der Waals surface area (Å²) in [5, 5.41) is 20.1. The van der Waals surface area contributed by atoms with Crippen LogP contribution in [0.2, 0.25) is 0 Å². The lowest BCUT2D eigenvalue weighted by atomic mass is 9.73. The normalized spacial score (nSPS) is 26.2. The molecule has 0 bridgehead atoms. The molecule has 1 fully saturated rings. The second-order valence-electron chi connectivity index (χ2n) is 10.0. The number of amides is 1. The number of aromatic nitrogens is 2. The molecule has 1 aliphatic heterocycles. The number of carbonyl (C=O) groups is 1. The number of hydrogen-bond acceptors (Lipinski definition) is 7. The van der Waals surface area contributed by atoms with E-state index in [4.69, 9.17) is 4.98 Å². The monoisotopic (exact) mass is 450 g/mol. The molecule has 2 aromatic rings. The Balaban J connectivity index is 1.45. The van der Waals surface area contributed by atoms with Crippen LogP contribution in [0.1, 0.15) is 57.6 Å². The maximum Gasteiger partial charge on any atom is 0.234 e. The van der Waals surface area contributed by atoms with E-state index in [0.29, 0.717) is 18.9 Å². The quantitative estimate of drug-likeness (QED) is 0.480. The molecule has 4 N–H and O–H groups in total. The van der Waals surface area contributed by atoms with Gasteiger partial charge in [-0.15, -0.1) is 0 Å². The molecule has 0 spiro atoms. The zero-order valence-corrected chi connectivity index (χ0v) is 19.9. The number of hydrogen-bond donors (Lipinski definition) is 4. The van der Waals surface area contributed by atoms with Gasteiger partial charge in [0, 0.05) is 37.7 Å². The number of aliphatic imine (C=N–C) groups is 1. The smallest absolute Gasteiger partial charge is 0.234 e. The average molecular weight is 451 g/mol. The highest BCUT2D eigenvalue weighted by atomic mass is 16.3. The minimum absolute atomic E-state index is 0.0189. The summed E-state index contributed by atoms with van der Waals surface area (Å²) in [6.07, 6.45) is 6.34. The van der Waals surface area contributed by atoms with Crippen molar-refractivity contribution in [1.82, 2.24) is 9.97 Å². The predicted octanol–water partition coefficient (Wildman–Crippen LogP) is 3.59. The Hall–Kier alpha value is -3.00. The third-order valence-electron chi connectivity index (χ3n) is 7.07. The van der Waals surface area contributed by atoms with Gasteiger partial charge < -0.3 is 21.1 Å². The predicted molar refractivity (Wildman–Crippen MR) is 132 cm³/mol. The van der Waals surface area contributed by atoms with E-state index in [2.05, 4.69) is 39.8 Å². The van der Waals surface area contributed by atoms with E-state index in [9.17, 15) is 9.90 Å². The fourth-order valence-corrected chi connectivity index (χ4v) is 4.89. The molecule has 176 valence electrons. The van der Waals surface area contributed by atoms with Gasteiger partial charge in [0.15, 0.2) is 0 Å². The van der Waals surface area contributed by atoms with E-state index in [1.54, 1.807) is 19.5 Å². The minimum Gasteiger partial charge on any atom is -0.393 e. The van der Waals surface area contributed by atoms with E-state index in [1.807, 2.05) is 31.2 Å². The van der Waals surface area contributed by atoms with Crippen molar-refractivity contribution in [2.75, 3.05) is 29.5 Å². The average Bonchev–Trinajstić information content (AvgIpc) is 3.03. The van der Waals surface area contributed by atoms with Crippen LogP contribution < -0.4 is 16.0 Å². The maximum absolute atomic E-state index is 12.7. The fourth-order valence-electron chi connectivity index (χ4n) is 4.89. The highest BCUT2D eigenvalue weighted by Crippen LogP contribution is 2.40. The first-order chi connectivity index (χ1) is 15.7. The van der Waals surface area contributed by atoms with Gasteiger partial charge in [-0.2, -0.15) is 4.98 Å². The molecule has 33 heavy (non-hydrogen) atoms. The van der Waals surface area contributed by atoms with Crippen LogP contribution in [-0.4, -0.2) is 52.9 Å². The Morgan fingerprint density at radius 3 is 2.82 bits per heavy atom. The topological polar surface area (TPSA) is 112 Å². The lowest BCUT2D eigenvalue weighted by Crippen LogP contribution is -2.41. The molecule has 1 aliphatic carbocycles. The number of aliphatic hydroxyl groups is 1. The van der Waals surface area contributed by atoms with Crippen LogP contribution in [0.4, 0.5) is 17.5 Å². The molecule has 0 radical (unpaired) electrons. The van der Waals surface area contributed by atoms with Gasteiger partial charge in [0.2, 0.25) is 11.9 Å². The van der Waals surface area contributed by atoms with E-state index in [-0.39, 0.29) is 23.5 Å². The number of benzene rings is 1. The lowest BCUT2D eigenvalue weighted by molar-refractivity contribution is -0.120. The molecule has 1 amide bonds. The van der Waals surface area contributed by atoms with Crippen LogP contribution in [-0.2, 0) is 10.2 Å². The van der Waals surface area contributed by atoms with Crippen molar-refractivity contribution in [3.63, 3.8) is 0 Å². The number of fused-ring (bicyclic) bond motifs is 1. The van der Waals surface area contributed by atoms with Crippen LogP contribution in [0.25, 0.3) is 0 Å². The molecule has 1 aromatic carbocycles. The SMILES string of the molecule is CN=Cc1cnc(NCC[C@]2(C)C(=O)Nc3ccccc32)nc1N[C@@H]1CC[C@H](O)C(C)(C)C1. The Morgan fingerprint density at radius 1 is 1.27 bits per heavy atom. The maximum atomic E-state index is 12.7. The Labute approximate surface area is 195 Å². The number of para-hydroxylation sites is 1. The van der Waals surface area contributed by atoms with Gasteiger partial charge in [0.25, 0.3) is 0 Å². The second-order valence-corrected chi connectivity index (χ2v) is 10.0. The van der Waals surface area contributed by atoms with Gasteiger partial charge >= 0.3 is 0 Å². The lowest BCUT2D eigenvalue weighted by Gasteiger charge is -2.40. The van der Waals surface area contributed by atoms with Crippen LogP contribution >= 0.6 is 0 Å². The van der Waals surface area contributed by atoms with Crippen LogP contribution in [0.3, 0.4) is 0 Å². The van der Waals surface area contributed by atoms with Crippen LogP contribution in [0, 0.1) is 5.41 Å². The van der Waals surface area contributed by atoms with Gasteiger partial charge in [-0.05, 0) is 49.7 Å². The molecule has 2 aliphatic rings. The highest BCUT2D eigenvalue weighted by molar-refractivity contribution is 6.05. The van der Waals surface area contributed by atoms with Crippen LogP contribution in [0.5, 0.6) is 0 Å². The molecule has 3 atom stereocenters. The van der Waals surface area contributed by atoms with Gasteiger partial charge in [0.1, 0.15) is 5.82 Å². The Bertz CT molecular complexity index is 1050. The van der Waals surface area contributed by atoms with Gasteiger partial charge in [-0.25, -0.2) is 4.98 Å². The van der Waals surface area contributed by atoms with Crippen molar-refractivity contribution in [1.29, 1.82) is 0 Å². The van der Waals surface area contributed by atoms with Gasteiger partial charge in [-0.1, -0.05) is 32.0 Å². The first-order valence-corrected chi connectivity index (χ1v) is 11.6. The summed E-state index contributed by atoms with van der Waals surface area (Å²) in [6, 6.07) is 8.05. The summed E-state index contributed by atoms with van der Waals surface area (Å²) in [6.45, 7) is 6.74. The highest BCUT2D eigenvalue weighted by Gasteiger charge is 2.42. The van der Waals surface area contributed by atoms with E-state index in [1.165, 1.54) is 0 Å². The van der Waals surface area contributed by atoms with E-state index >= 15 is 0 Å². The zero-order chi connectivity index (χ0) is 23.6. The first-order valence-electron chi connectivity index (χ1n) is 11.6. The first kappa shape index (κ1) is 23.2. The molecule has 0 unspecified atom stereocenters. The van der Waals surface area contributed by atoms with Crippen molar-refractivity contribution in [3.05, 3.63) is 41.6 Å². The molecular weight excluding hydrogens is 416 g/mol. The number of rotatable bonds is 7. The van der Waals surface area contributed by atoms with E-state index in [0.717, 1.165) is 41.9 Å². The Morgan fingerprint density at radius 2 is 2.06 bits per heavy atom. The largest absolute Gasteiger partial charge is 0.393 e. The van der Waals surface area contributed by atoms with Crippen molar-refractivity contribution in [3.8, 4) is 0 Å². The van der Waals surface area contributed by atoms with Crippen molar-refractivity contribution in [2.24, 2.45) is 10.4 Å². The zero-order valence-electron chi connectivity index (χ0n) is 19.9.